The summed E-state index contributed by atoms with van der Waals surface area (Å²) in [5, 5.41) is 3.67. The van der Waals surface area contributed by atoms with Crippen LogP contribution in [-0.2, 0) is 16.0 Å². The van der Waals surface area contributed by atoms with E-state index in [4.69, 9.17) is 11.6 Å². The first-order valence-corrected chi connectivity index (χ1v) is 9.70. The van der Waals surface area contributed by atoms with Gasteiger partial charge in [0, 0.05) is 42.8 Å². The number of nitrogens with one attached hydrogen (secondary N) is 1. The Bertz CT molecular complexity index is 780. The van der Waals surface area contributed by atoms with Crippen LogP contribution in [0, 0.1) is 5.92 Å². The van der Waals surface area contributed by atoms with Crippen LogP contribution in [0.5, 0.6) is 0 Å². The number of carbonyl (C=O) groups is 2. The van der Waals surface area contributed by atoms with Crippen LogP contribution < -0.4 is 5.32 Å². The van der Waals surface area contributed by atoms with Crippen molar-refractivity contribution in [3.63, 3.8) is 0 Å². The van der Waals surface area contributed by atoms with Crippen LogP contribution >= 0.6 is 11.6 Å². The number of rotatable bonds is 6. The SMILES string of the molecule is CCN1C(=O)CC[C@@H](C(=O)NCCc2ccccn2)[C@@H]1c1ccc(Cl)cc1. The molecule has 0 unspecified atom stereocenters. The molecule has 1 aromatic carbocycles. The van der Waals surface area contributed by atoms with Crippen LogP contribution in [0.15, 0.2) is 48.7 Å². The minimum Gasteiger partial charge on any atom is -0.355 e. The third kappa shape index (κ3) is 4.66. The zero-order chi connectivity index (χ0) is 19.2. The highest BCUT2D eigenvalue weighted by Crippen LogP contribution is 2.37. The van der Waals surface area contributed by atoms with Gasteiger partial charge in [0.2, 0.25) is 11.8 Å². The Hall–Kier alpha value is -2.40. The van der Waals surface area contributed by atoms with Gasteiger partial charge in [0.1, 0.15) is 0 Å². The third-order valence-corrected chi connectivity index (χ3v) is 5.25. The van der Waals surface area contributed by atoms with Crippen molar-refractivity contribution in [2.75, 3.05) is 13.1 Å². The standard InChI is InChI=1S/C21H24ClN3O2/c1-2-25-19(26)11-10-18(20(25)15-6-8-16(22)9-7-15)21(27)24-14-12-17-5-3-4-13-23-17/h3-9,13,18,20H,2,10-12,14H2,1H3,(H,24,27)/t18-,20+/m1/s1. The fourth-order valence-corrected chi connectivity index (χ4v) is 3.79. The van der Waals surface area contributed by atoms with Gasteiger partial charge in [-0.3, -0.25) is 14.6 Å². The second kappa shape index (κ2) is 9.00. The van der Waals surface area contributed by atoms with Crippen LogP contribution in [-0.4, -0.2) is 34.8 Å². The fraction of sp³-hybridized carbons (Fsp3) is 0.381. The van der Waals surface area contributed by atoms with Crippen molar-refractivity contribution in [3.8, 4) is 0 Å². The molecule has 2 amide bonds. The Morgan fingerprint density at radius 3 is 2.70 bits per heavy atom. The number of hydrogen-bond donors (Lipinski definition) is 1. The number of nitrogens with zero attached hydrogens (tertiary/aromatic N) is 2. The second-order valence-electron chi connectivity index (χ2n) is 6.68. The van der Waals surface area contributed by atoms with Gasteiger partial charge in [0.05, 0.1) is 12.0 Å². The molecule has 0 radical (unpaired) electrons. The molecule has 142 valence electrons. The molecule has 2 heterocycles. The molecule has 6 heteroatoms. The second-order valence-corrected chi connectivity index (χ2v) is 7.12. The summed E-state index contributed by atoms with van der Waals surface area (Å²) in [7, 11) is 0. The first-order chi connectivity index (χ1) is 13.1. The maximum Gasteiger partial charge on any atom is 0.225 e. The summed E-state index contributed by atoms with van der Waals surface area (Å²) in [6.07, 6.45) is 3.38. The zero-order valence-corrected chi connectivity index (χ0v) is 16.2. The summed E-state index contributed by atoms with van der Waals surface area (Å²) < 4.78 is 0. The predicted octanol–water partition coefficient (Wildman–Crippen LogP) is 3.39. The third-order valence-electron chi connectivity index (χ3n) is 5.00. The normalized spacial score (nSPS) is 19.8. The zero-order valence-electron chi connectivity index (χ0n) is 15.4. The van der Waals surface area contributed by atoms with Gasteiger partial charge in [-0.1, -0.05) is 29.8 Å². The molecular weight excluding hydrogens is 362 g/mol. The summed E-state index contributed by atoms with van der Waals surface area (Å²) in [5.41, 5.74) is 1.89. The first-order valence-electron chi connectivity index (χ1n) is 9.32. The number of halogens is 1. The van der Waals surface area contributed by atoms with Gasteiger partial charge in [-0.05, 0) is 43.2 Å². The molecule has 2 aromatic rings. The number of amides is 2. The number of likely N-dealkylation sites (tertiary alicyclic amines) is 1. The predicted molar refractivity (Wildman–Crippen MR) is 105 cm³/mol. The maximum absolute atomic E-state index is 12.9. The van der Waals surface area contributed by atoms with Crippen LogP contribution in [0.25, 0.3) is 0 Å². The van der Waals surface area contributed by atoms with Gasteiger partial charge in [-0.25, -0.2) is 0 Å². The van der Waals surface area contributed by atoms with Gasteiger partial charge in [-0.15, -0.1) is 0 Å². The van der Waals surface area contributed by atoms with Gasteiger partial charge in [0.15, 0.2) is 0 Å². The average Bonchev–Trinajstić information content (AvgIpc) is 2.69. The van der Waals surface area contributed by atoms with E-state index in [9.17, 15) is 9.59 Å². The maximum atomic E-state index is 12.9. The lowest BCUT2D eigenvalue weighted by molar-refractivity contribution is -0.143. The van der Waals surface area contributed by atoms with Crippen molar-refractivity contribution in [2.45, 2.75) is 32.2 Å². The Morgan fingerprint density at radius 2 is 2.04 bits per heavy atom. The molecule has 1 saturated heterocycles. The molecule has 1 N–H and O–H groups in total. The lowest BCUT2D eigenvalue weighted by atomic mass is 9.83. The molecule has 1 fully saturated rings. The highest BCUT2D eigenvalue weighted by molar-refractivity contribution is 6.30. The van der Waals surface area contributed by atoms with E-state index >= 15 is 0 Å². The molecule has 1 aliphatic rings. The van der Waals surface area contributed by atoms with Crippen molar-refractivity contribution < 1.29 is 9.59 Å². The molecule has 0 aliphatic carbocycles. The molecule has 0 spiro atoms. The smallest absolute Gasteiger partial charge is 0.225 e. The van der Waals surface area contributed by atoms with E-state index in [0.717, 1.165) is 11.3 Å². The monoisotopic (exact) mass is 385 g/mol. The molecule has 5 nitrogen and oxygen atoms in total. The van der Waals surface area contributed by atoms with Gasteiger partial charge in [0.25, 0.3) is 0 Å². The molecule has 1 aromatic heterocycles. The van der Waals surface area contributed by atoms with Gasteiger partial charge < -0.3 is 10.2 Å². The van der Waals surface area contributed by atoms with E-state index in [1.807, 2.05) is 37.3 Å². The molecular formula is C21H24ClN3O2. The largest absolute Gasteiger partial charge is 0.355 e. The Morgan fingerprint density at radius 1 is 1.26 bits per heavy atom. The minimum absolute atomic E-state index is 0.0168. The van der Waals surface area contributed by atoms with Crippen LogP contribution in [0.2, 0.25) is 5.02 Å². The van der Waals surface area contributed by atoms with Crippen molar-refractivity contribution in [2.24, 2.45) is 5.92 Å². The lowest BCUT2D eigenvalue weighted by Gasteiger charge is -2.40. The van der Waals surface area contributed by atoms with E-state index in [-0.39, 0.29) is 23.8 Å². The number of pyridine rings is 1. The summed E-state index contributed by atoms with van der Waals surface area (Å²) in [6, 6.07) is 12.9. The molecule has 3 rings (SSSR count). The lowest BCUT2D eigenvalue weighted by Crippen LogP contribution is -2.48. The van der Waals surface area contributed by atoms with Crippen molar-refractivity contribution in [3.05, 3.63) is 64.9 Å². The van der Waals surface area contributed by atoms with Gasteiger partial charge in [-0.2, -0.15) is 0 Å². The van der Waals surface area contributed by atoms with E-state index in [2.05, 4.69) is 10.3 Å². The molecule has 0 saturated carbocycles. The summed E-state index contributed by atoms with van der Waals surface area (Å²) >= 11 is 6.01. The molecule has 0 bridgehead atoms. The topological polar surface area (TPSA) is 62.3 Å². The first kappa shape index (κ1) is 19.4. The summed E-state index contributed by atoms with van der Waals surface area (Å²) in [6.45, 7) is 3.05. The van der Waals surface area contributed by atoms with E-state index < -0.39 is 0 Å². The molecule has 1 aliphatic heterocycles. The highest BCUT2D eigenvalue weighted by atomic mass is 35.5. The van der Waals surface area contributed by atoms with E-state index in [1.54, 1.807) is 23.2 Å². The summed E-state index contributed by atoms with van der Waals surface area (Å²) in [4.78, 5) is 31.4. The number of benzene rings is 1. The van der Waals surface area contributed by atoms with Gasteiger partial charge >= 0.3 is 0 Å². The van der Waals surface area contributed by atoms with E-state index in [1.165, 1.54) is 0 Å². The quantitative estimate of drug-likeness (QED) is 0.829. The van der Waals surface area contributed by atoms with Crippen molar-refractivity contribution in [1.29, 1.82) is 0 Å². The summed E-state index contributed by atoms with van der Waals surface area (Å²) in [5.74, 6) is -0.195. The van der Waals surface area contributed by atoms with Crippen LogP contribution in [0.3, 0.4) is 0 Å². The molecule has 27 heavy (non-hydrogen) atoms. The highest BCUT2D eigenvalue weighted by Gasteiger charge is 2.39. The average molecular weight is 386 g/mol. The van der Waals surface area contributed by atoms with Crippen molar-refractivity contribution in [1.82, 2.24) is 15.2 Å². The molecule has 2 atom stereocenters. The number of hydrogen-bond acceptors (Lipinski definition) is 3. The Balaban J connectivity index is 1.73. The number of carbonyl (C=O) groups excluding carboxylic acids is 2. The fourth-order valence-electron chi connectivity index (χ4n) is 3.66. The number of piperidine rings is 1. The van der Waals surface area contributed by atoms with Crippen LogP contribution in [0.1, 0.15) is 37.1 Å². The Labute approximate surface area is 164 Å². The minimum atomic E-state index is -0.271. The van der Waals surface area contributed by atoms with E-state index in [0.29, 0.717) is 37.4 Å². The number of aromatic nitrogens is 1. The Kier molecular flexibility index (Phi) is 6.45. The van der Waals surface area contributed by atoms with Crippen molar-refractivity contribution >= 4 is 23.4 Å². The van der Waals surface area contributed by atoms with Crippen LogP contribution in [0.4, 0.5) is 0 Å².